The van der Waals surface area contributed by atoms with Crippen LogP contribution in [0.1, 0.15) is 22.9 Å². The summed E-state index contributed by atoms with van der Waals surface area (Å²) < 4.78 is 10.5. The highest BCUT2D eigenvalue weighted by atomic mass is 32.2. The molecule has 1 heterocycles. The zero-order valence-corrected chi connectivity index (χ0v) is 17.9. The molecule has 0 saturated carbocycles. The van der Waals surface area contributed by atoms with Gasteiger partial charge in [-0.05, 0) is 48.6 Å². The topological polar surface area (TPSA) is 99.4 Å². The van der Waals surface area contributed by atoms with Crippen molar-refractivity contribution in [3.63, 3.8) is 0 Å². The van der Waals surface area contributed by atoms with E-state index in [9.17, 15) is 10.1 Å². The molecule has 3 aromatic rings. The summed E-state index contributed by atoms with van der Waals surface area (Å²) in [4.78, 5) is 19.8. The molecule has 0 amide bonds. The monoisotopic (exact) mass is 426 g/mol. The minimum absolute atomic E-state index is 0.139. The van der Waals surface area contributed by atoms with E-state index >= 15 is 0 Å². The molecule has 0 saturated heterocycles. The number of nitrogens with zero attached hydrogens (tertiary/aromatic N) is 3. The highest BCUT2D eigenvalue weighted by Gasteiger charge is 2.25. The molecule has 0 aliphatic carbocycles. The molecule has 0 spiro atoms. The standard InChI is InChI=1S/C21H22N4O4S/c1-13-19(25(26)27)20(24-21(22-13)30-4)23-18(14-5-9-16(28-2)10-6-14)15-7-11-17(29-3)12-8-15/h5-12,18H,1-4H3,(H,22,23,24). The van der Waals surface area contributed by atoms with Crippen LogP contribution in [0.5, 0.6) is 11.5 Å². The minimum Gasteiger partial charge on any atom is -0.497 e. The van der Waals surface area contributed by atoms with E-state index in [0.717, 1.165) is 22.6 Å². The number of aromatic nitrogens is 2. The molecule has 2 aromatic carbocycles. The summed E-state index contributed by atoms with van der Waals surface area (Å²) in [6.45, 7) is 1.61. The molecule has 8 nitrogen and oxygen atoms in total. The Morgan fingerprint density at radius 2 is 1.47 bits per heavy atom. The molecule has 0 bridgehead atoms. The summed E-state index contributed by atoms with van der Waals surface area (Å²) in [5.74, 6) is 1.62. The molecule has 0 aliphatic rings. The van der Waals surface area contributed by atoms with Gasteiger partial charge < -0.3 is 14.8 Å². The molecular formula is C21H22N4O4S. The quantitative estimate of drug-likeness (QED) is 0.241. The maximum absolute atomic E-state index is 11.7. The summed E-state index contributed by atoms with van der Waals surface area (Å²) in [7, 11) is 3.20. The average molecular weight is 426 g/mol. The van der Waals surface area contributed by atoms with Crippen molar-refractivity contribution in [3.8, 4) is 11.5 Å². The number of benzene rings is 2. The molecule has 0 aliphatic heterocycles. The van der Waals surface area contributed by atoms with E-state index in [1.807, 2.05) is 54.8 Å². The van der Waals surface area contributed by atoms with Gasteiger partial charge in [-0.25, -0.2) is 4.98 Å². The molecule has 1 aromatic heterocycles. The molecule has 0 atom stereocenters. The van der Waals surface area contributed by atoms with Crippen molar-refractivity contribution in [3.05, 3.63) is 75.5 Å². The van der Waals surface area contributed by atoms with Gasteiger partial charge in [0.1, 0.15) is 17.2 Å². The number of hydrogen-bond acceptors (Lipinski definition) is 8. The van der Waals surface area contributed by atoms with Crippen LogP contribution < -0.4 is 14.8 Å². The number of methoxy groups -OCH3 is 2. The van der Waals surface area contributed by atoms with E-state index in [2.05, 4.69) is 15.3 Å². The van der Waals surface area contributed by atoms with E-state index < -0.39 is 4.92 Å². The van der Waals surface area contributed by atoms with Crippen LogP contribution in [0, 0.1) is 17.0 Å². The maximum atomic E-state index is 11.7. The fraction of sp³-hybridized carbons (Fsp3) is 0.238. The van der Waals surface area contributed by atoms with E-state index in [1.165, 1.54) is 11.8 Å². The predicted molar refractivity (Wildman–Crippen MR) is 117 cm³/mol. The number of nitro groups is 1. The second-order valence-electron chi connectivity index (χ2n) is 6.37. The number of ether oxygens (including phenoxy) is 2. The first-order valence-corrected chi connectivity index (χ1v) is 10.3. The normalized spacial score (nSPS) is 10.7. The van der Waals surface area contributed by atoms with Crippen molar-refractivity contribution >= 4 is 23.3 Å². The van der Waals surface area contributed by atoms with Gasteiger partial charge >= 0.3 is 5.69 Å². The van der Waals surface area contributed by atoms with Crippen LogP contribution in [0.15, 0.2) is 53.7 Å². The SMILES string of the molecule is COc1ccc(C(Nc2nc(SC)nc(C)c2[N+](=O)[O-])c2ccc(OC)cc2)cc1. The number of aryl methyl sites for hydroxylation is 1. The van der Waals surface area contributed by atoms with Gasteiger partial charge in [0.2, 0.25) is 5.82 Å². The van der Waals surface area contributed by atoms with Crippen molar-refractivity contribution in [2.45, 2.75) is 18.1 Å². The van der Waals surface area contributed by atoms with E-state index in [-0.39, 0.29) is 17.5 Å². The van der Waals surface area contributed by atoms with Crippen LogP contribution in [0.25, 0.3) is 0 Å². The summed E-state index contributed by atoms with van der Waals surface area (Å²) in [5.41, 5.74) is 1.97. The molecular weight excluding hydrogens is 404 g/mol. The summed E-state index contributed by atoms with van der Waals surface area (Å²) in [6.07, 6.45) is 1.83. The van der Waals surface area contributed by atoms with Gasteiger partial charge in [-0.2, -0.15) is 4.98 Å². The number of rotatable bonds is 8. The maximum Gasteiger partial charge on any atom is 0.332 e. The van der Waals surface area contributed by atoms with Gasteiger partial charge in [0.25, 0.3) is 0 Å². The fourth-order valence-electron chi connectivity index (χ4n) is 3.04. The Hall–Kier alpha value is -3.33. The molecule has 1 N–H and O–H groups in total. The molecule has 0 unspecified atom stereocenters. The lowest BCUT2D eigenvalue weighted by Gasteiger charge is -2.21. The van der Waals surface area contributed by atoms with Crippen LogP contribution in [0.2, 0.25) is 0 Å². The Morgan fingerprint density at radius 1 is 0.967 bits per heavy atom. The molecule has 3 rings (SSSR count). The molecule has 156 valence electrons. The first-order chi connectivity index (χ1) is 14.5. The Morgan fingerprint density at radius 3 is 1.87 bits per heavy atom. The second kappa shape index (κ2) is 9.45. The Balaban J connectivity index is 2.10. The Labute approximate surface area is 178 Å². The van der Waals surface area contributed by atoms with Crippen LogP contribution in [0.4, 0.5) is 11.5 Å². The van der Waals surface area contributed by atoms with E-state index in [1.54, 1.807) is 21.1 Å². The second-order valence-corrected chi connectivity index (χ2v) is 7.15. The van der Waals surface area contributed by atoms with Crippen molar-refractivity contribution in [2.75, 3.05) is 25.8 Å². The number of anilines is 1. The summed E-state index contributed by atoms with van der Waals surface area (Å²) in [5, 5.41) is 15.4. The molecule has 9 heteroatoms. The third kappa shape index (κ3) is 4.62. The van der Waals surface area contributed by atoms with E-state index in [4.69, 9.17) is 9.47 Å². The summed E-state index contributed by atoms with van der Waals surface area (Å²) in [6, 6.07) is 14.7. The van der Waals surface area contributed by atoms with Crippen molar-refractivity contribution in [2.24, 2.45) is 0 Å². The lowest BCUT2D eigenvalue weighted by Crippen LogP contribution is -2.16. The molecule has 0 radical (unpaired) electrons. The van der Waals surface area contributed by atoms with Crippen LogP contribution in [-0.2, 0) is 0 Å². The Bertz CT molecular complexity index is 979. The lowest BCUT2D eigenvalue weighted by atomic mass is 9.98. The van der Waals surface area contributed by atoms with Crippen molar-refractivity contribution in [1.29, 1.82) is 0 Å². The zero-order valence-electron chi connectivity index (χ0n) is 17.1. The van der Waals surface area contributed by atoms with Crippen LogP contribution >= 0.6 is 11.8 Å². The van der Waals surface area contributed by atoms with Crippen LogP contribution in [0.3, 0.4) is 0 Å². The van der Waals surface area contributed by atoms with Crippen molar-refractivity contribution < 1.29 is 14.4 Å². The Kier molecular flexibility index (Phi) is 6.73. The van der Waals surface area contributed by atoms with Crippen molar-refractivity contribution in [1.82, 2.24) is 9.97 Å². The highest BCUT2D eigenvalue weighted by Crippen LogP contribution is 2.34. The summed E-state index contributed by atoms with van der Waals surface area (Å²) >= 11 is 1.33. The number of hydrogen-bond donors (Lipinski definition) is 1. The van der Waals surface area contributed by atoms with Gasteiger partial charge in [0.05, 0.1) is 25.2 Å². The van der Waals surface area contributed by atoms with Crippen LogP contribution in [-0.4, -0.2) is 35.4 Å². The molecule has 0 fully saturated rings. The highest BCUT2D eigenvalue weighted by molar-refractivity contribution is 7.98. The number of thioether (sulfide) groups is 1. The van der Waals surface area contributed by atoms with Gasteiger partial charge in [0, 0.05) is 0 Å². The predicted octanol–water partition coefficient (Wildman–Crippen LogP) is 4.63. The third-order valence-electron chi connectivity index (χ3n) is 4.58. The van der Waals surface area contributed by atoms with E-state index in [0.29, 0.717) is 10.9 Å². The zero-order chi connectivity index (χ0) is 21.7. The smallest absolute Gasteiger partial charge is 0.332 e. The first-order valence-electron chi connectivity index (χ1n) is 9.08. The first kappa shape index (κ1) is 21.4. The largest absolute Gasteiger partial charge is 0.497 e. The fourth-order valence-corrected chi connectivity index (χ4v) is 3.45. The average Bonchev–Trinajstić information content (AvgIpc) is 2.77. The minimum atomic E-state index is -0.457. The van der Waals surface area contributed by atoms with Gasteiger partial charge in [-0.15, -0.1) is 0 Å². The molecule has 30 heavy (non-hydrogen) atoms. The van der Waals surface area contributed by atoms with Gasteiger partial charge in [-0.3, -0.25) is 10.1 Å². The van der Waals surface area contributed by atoms with Gasteiger partial charge in [0.15, 0.2) is 5.16 Å². The van der Waals surface area contributed by atoms with Gasteiger partial charge in [-0.1, -0.05) is 36.0 Å². The third-order valence-corrected chi connectivity index (χ3v) is 5.13. The number of nitrogens with one attached hydrogen (secondary N) is 1. The lowest BCUT2D eigenvalue weighted by molar-refractivity contribution is -0.385.